The Bertz CT molecular complexity index is 385. The molecule has 0 aromatic carbocycles. The van der Waals surface area contributed by atoms with E-state index in [-0.39, 0.29) is 0 Å². The van der Waals surface area contributed by atoms with Crippen molar-refractivity contribution in [2.24, 2.45) is 5.92 Å². The van der Waals surface area contributed by atoms with Gasteiger partial charge in [-0.05, 0) is 16.2 Å². The lowest BCUT2D eigenvalue weighted by atomic mass is 10.1. The first-order valence-electron chi connectivity index (χ1n) is 5.00. The SMILES string of the molecule is CCC1=C2C3C(=CC=C3[Si]2(C)C)S1. The highest BCUT2D eigenvalue weighted by atomic mass is 32.2. The first-order chi connectivity index (χ1) is 6.16. The predicted octanol–water partition coefficient (Wildman–Crippen LogP) is 3.64. The van der Waals surface area contributed by atoms with Gasteiger partial charge in [-0.25, -0.2) is 0 Å². The average molecular weight is 206 g/mol. The maximum atomic E-state index is 2.50. The van der Waals surface area contributed by atoms with Crippen LogP contribution in [0.25, 0.3) is 0 Å². The van der Waals surface area contributed by atoms with Crippen LogP contribution in [-0.2, 0) is 0 Å². The quantitative estimate of drug-likeness (QED) is 0.590. The highest BCUT2D eigenvalue weighted by Gasteiger charge is 2.56. The van der Waals surface area contributed by atoms with Gasteiger partial charge in [-0.2, -0.15) is 0 Å². The highest BCUT2D eigenvalue weighted by Crippen LogP contribution is 2.64. The molecular formula is C11H14SSi. The summed E-state index contributed by atoms with van der Waals surface area (Å²) in [7, 11) is -1.08. The number of hydrogen-bond donors (Lipinski definition) is 0. The summed E-state index contributed by atoms with van der Waals surface area (Å²) in [4.78, 5) is 3.32. The topological polar surface area (TPSA) is 0 Å². The van der Waals surface area contributed by atoms with Crippen LogP contribution >= 0.6 is 11.8 Å². The van der Waals surface area contributed by atoms with E-state index >= 15 is 0 Å². The van der Waals surface area contributed by atoms with Crippen LogP contribution in [0.15, 0.2) is 32.4 Å². The number of hydrogen-bond acceptors (Lipinski definition) is 1. The van der Waals surface area contributed by atoms with E-state index < -0.39 is 8.07 Å². The molecule has 1 unspecified atom stereocenters. The third-order valence-corrected chi connectivity index (χ3v) is 8.95. The zero-order valence-corrected chi connectivity index (χ0v) is 10.2. The molecule has 13 heavy (non-hydrogen) atoms. The van der Waals surface area contributed by atoms with Gasteiger partial charge < -0.3 is 0 Å². The Morgan fingerprint density at radius 3 is 2.85 bits per heavy atom. The monoisotopic (exact) mass is 206 g/mol. The molecule has 0 aromatic heterocycles. The molecule has 0 nitrogen and oxygen atoms in total. The minimum atomic E-state index is -1.08. The fourth-order valence-corrected chi connectivity index (χ4v) is 8.68. The van der Waals surface area contributed by atoms with Gasteiger partial charge in [0.05, 0.1) is 0 Å². The van der Waals surface area contributed by atoms with Gasteiger partial charge >= 0.3 is 0 Å². The maximum absolute atomic E-state index is 2.50. The normalized spacial score (nSPS) is 32.7. The summed E-state index contributed by atoms with van der Waals surface area (Å²) in [5, 5.41) is 3.64. The molecule has 0 bridgehead atoms. The third kappa shape index (κ3) is 0.750. The Balaban J connectivity index is 2.17. The highest BCUT2D eigenvalue weighted by molar-refractivity contribution is 8.07. The summed E-state index contributed by atoms with van der Waals surface area (Å²) >= 11 is 2.06. The van der Waals surface area contributed by atoms with Crippen molar-refractivity contribution in [2.45, 2.75) is 26.4 Å². The predicted molar refractivity (Wildman–Crippen MR) is 62.0 cm³/mol. The third-order valence-electron chi connectivity index (χ3n) is 3.57. The lowest BCUT2D eigenvalue weighted by molar-refractivity contribution is 0.921. The molecule has 2 aliphatic heterocycles. The second-order valence-corrected chi connectivity index (χ2v) is 10.1. The van der Waals surface area contributed by atoms with E-state index in [1.165, 1.54) is 6.42 Å². The second kappa shape index (κ2) is 2.23. The van der Waals surface area contributed by atoms with Crippen molar-refractivity contribution in [1.82, 2.24) is 0 Å². The van der Waals surface area contributed by atoms with Crippen LogP contribution in [0.5, 0.6) is 0 Å². The molecule has 2 heterocycles. The maximum Gasteiger partial charge on any atom is 0.106 e. The Morgan fingerprint density at radius 2 is 2.15 bits per heavy atom. The van der Waals surface area contributed by atoms with Crippen LogP contribution in [0.3, 0.4) is 0 Å². The molecule has 3 rings (SSSR count). The Labute approximate surface area is 84.8 Å². The number of allylic oxidation sites excluding steroid dienone is 6. The van der Waals surface area contributed by atoms with Crippen LogP contribution in [0.1, 0.15) is 13.3 Å². The minimum absolute atomic E-state index is 0.793. The molecule has 1 aliphatic carbocycles. The molecule has 1 saturated heterocycles. The van der Waals surface area contributed by atoms with Crippen molar-refractivity contribution >= 4 is 19.8 Å². The zero-order valence-electron chi connectivity index (χ0n) is 8.35. The Morgan fingerprint density at radius 1 is 1.38 bits per heavy atom. The molecule has 3 aliphatic rings. The smallest absolute Gasteiger partial charge is 0.0985 e. The lowest BCUT2D eigenvalue weighted by Gasteiger charge is -2.44. The van der Waals surface area contributed by atoms with E-state index in [0.717, 1.165) is 5.92 Å². The van der Waals surface area contributed by atoms with Crippen molar-refractivity contribution in [3.8, 4) is 0 Å². The molecule has 0 radical (unpaired) electrons. The van der Waals surface area contributed by atoms with Gasteiger partial charge in [-0.1, -0.05) is 54.3 Å². The van der Waals surface area contributed by atoms with E-state index in [2.05, 4.69) is 43.9 Å². The molecule has 68 valence electrons. The summed E-state index contributed by atoms with van der Waals surface area (Å²) in [6.07, 6.45) is 6.00. The molecule has 0 amide bonds. The van der Waals surface area contributed by atoms with E-state index in [9.17, 15) is 0 Å². The molecule has 0 saturated carbocycles. The minimum Gasteiger partial charge on any atom is -0.0985 e. The number of thioether (sulfide) groups is 1. The lowest BCUT2D eigenvalue weighted by Crippen LogP contribution is -2.48. The first kappa shape index (κ1) is 8.12. The van der Waals surface area contributed by atoms with Crippen LogP contribution in [0.2, 0.25) is 13.1 Å². The van der Waals surface area contributed by atoms with Gasteiger partial charge in [0, 0.05) is 5.92 Å². The first-order valence-corrected chi connectivity index (χ1v) is 8.81. The van der Waals surface area contributed by atoms with E-state index in [1.54, 1.807) is 15.0 Å². The van der Waals surface area contributed by atoms with Crippen LogP contribution < -0.4 is 0 Å². The Hall–Kier alpha value is -0.213. The zero-order chi connectivity index (χ0) is 9.22. The van der Waals surface area contributed by atoms with Gasteiger partial charge in [0.25, 0.3) is 0 Å². The molecule has 2 heteroatoms. The fraction of sp³-hybridized carbons (Fsp3) is 0.455. The van der Waals surface area contributed by atoms with Crippen LogP contribution in [0.4, 0.5) is 0 Å². The summed E-state index contributed by atoms with van der Waals surface area (Å²) in [5.74, 6) is 0.793. The average Bonchev–Trinajstić information content (AvgIpc) is 2.54. The van der Waals surface area contributed by atoms with E-state index in [4.69, 9.17) is 0 Å². The van der Waals surface area contributed by atoms with Gasteiger partial charge in [0.2, 0.25) is 0 Å². The summed E-state index contributed by atoms with van der Waals surface area (Å²) in [6, 6.07) is 0. The largest absolute Gasteiger partial charge is 0.106 e. The summed E-state index contributed by atoms with van der Waals surface area (Å²) in [5.41, 5.74) is 0. The van der Waals surface area contributed by atoms with Gasteiger partial charge in [0.15, 0.2) is 0 Å². The van der Waals surface area contributed by atoms with Gasteiger partial charge in [-0.3, -0.25) is 0 Å². The molecule has 0 spiro atoms. The van der Waals surface area contributed by atoms with Gasteiger partial charge in [0.1, 0.15) is 8.07 Å². The fourth-order valence-electron chi connectivity index (χ4n) is 2.89. The molecule has 0 aromatic rings. The van der Waals surface area contributed by atoms with Crippen molar-refractivity contribution in [3.63, 3.8) is 0 Å². The summed E-state index contributed by atoms with van der Waals surface area (Å²) < 4.78 is 0. The second-order valence-electron chi connectivity index (χ2n) is 4.54. The van der Waals surface area contributed by atoms with Crippen molar-refractivity contribution in [3.05, 3.63) is 32.4 Å². The van der Waals surface area contributed by atoms with Crippen LogP contribution in [0, 0.1) is 5.92 Å². The molecule has 0 N–H and O–H groups in total. The van der Waals surface area contributed by atoms with Gasteiger partial charge in [-0.15, -0.1) is 0 Å². The van der Waals surface area contributed by atoms with Crippen molar-refractivity contribution in [2.75, 3.05) is 0 Å². The van der Waals surface area contributed by atoms with Crippen LogP contribution in [-0.4, -0.2) is 8.07 Å². The molecule has 1 atom stereocenters. The standard InChI is InChI=1S/C11H14SSi/c1-4-7-11-10-8(12-7)5-6-9(10)13(11,2)3/h5-6,10H,4H2,1-3H3. The number of rotatable bonds is 1. The van der Waals surface area contributed by atoms with Crippen molar-refractivity contribution in [1.29, 1.82) is 0 Å². The molecular weight excluding hydrogens is 192 g/mol. The van der Waals surface area contributed by atoms with Crippen molar-refractivity contribution < 1.29 is 0 Å². The van der Waals surface area contributed by atoms with E-state index in [1.807, 2.05) is 5.20 Å². The summed E-state index contributed by atoms with van der Waals surface area (Å²) in [6.45, 7) is 7.30. The van der Waals surface area contributed by atoms with E-state index in [0.29, 0.717) is 0 Å². The molecule has 1 fully saturated rings. The Kier molecular flexibility index (Phi) is 1.40.